The summed E-state index contributed by atoms with van der Waals surface area (Å²) in [6, 6.07) is 73.4. The zero-order valence-electron chi connectivity index (χ0n) is 29.5. The van der Waals surface area contributed by atoms with Crippen LogP contribution in [0.4, 0.5) is 0 Å². The third kappa shape index (κ3) is 5.81. The van der Waals surface area contributed by atoms with Crippen LogP contribution in [0, 0.1) is 0 Å². The van der Waals surface area contributed by atoms with E-state index in [1.807, 2.05) is 6.07 Å². The van der Waals surface area contributed by atoms with Gasteiger partial charge >= 0.3 is 0 Å². The van der Waals surface area contributed by atoms with Crippen LogP contribution < -0.4 is 0 Å². The molecule has 10 aromatic rings. The lowest BCUT2D eigenvalue weighted by Gasteiger charge is -2.15. The molecule has 0 saturated carbocycles. The summed E-state index contributed by atoms with van der Waals surface area (Å²) in [4.78, 5) is 10.6. The Bertz CT molecular complexity index is 2930. The SMILES string of the molecule is c1ccc(-c2ccc(-c3ccc(-c4cc(-c5c6ccccc6cc6c5ccc5ccccc56)nc(-c5ccc(-c6ccccc6)cc5)n4)cc3)cc2)cc1. The number of benzene rings is 9. The van der Waals surface area contributed by atoms with Gasteiger partial charge in [-0.25, -0.2) is 9.97 Å². The van der Waals surface area contributed by atoms with E-state index >= 15 is 0 Å². The number of fused-ring (bicyclic) bond motifs is 4. The maximum absolute atomic E-state index is 5.37. The second-order valence-corrected chi connectivity index (χ2v) is 13.8. The van der Waals surface area contributed by atoms with E-state index in [-0.39, 0.29) is 0 Å². The summed E-state index contributed by atoms with van der Waals surface area (Å²) in [5, 5.41) is 7.22. The van der Waals surface area contributed by atoms with Crippen molar-refractivity contribution in [3.63, 3.8) is 0 Å². The van der Waals surface area contributed by atoms with E-state index in [0.717, 1.165) is 39.2 Å². The Hall–Kier alpha value is -7.16. The van der Waals surface area contributed by atoms with Crippen molar-refractivity contribution in [2.75, 3.05) is 0 Å². The number of rotatable bonds is 6. The van der Waals surface area contributed by atoms with Crippen molar-refractivity contribution in [3.05, 3.63) is 206 Å². The predicted octanol–water partition coefficient (Wildman–Crippen LogP) is 13.9. The van der Waals surface area contributed by atoms with Crippen molar-refractivity contribution in [3.8, 4) is 67.3 Å². The van der Waals surface area contributed by atoms with Crippen LogP contribution in [-0.4, -0.2) is 9.97 Å². The van der Waals surface area contributed by atoms with E-state index in [1.165, 1.54) is 54.6 Å². The van der Waals surface area contributed by atoms with Gasteiger partial charge in [-0.15, -0.1) is 0 Å². The molecule has 10 rings (SSSR count). The minimum atomic E-state index is 0.699. The lowest BCUT2D eigenvalue weighted by atomic mass is 9.91. The van der Waals surface area contributed by atoms with Crippen LogP contribution >= 0.6 is 0 Å². The standard InChI is InChI=1S/C52H34N2/c1-3-11-35(12-4-1)37-19-21-39(22-20-37)40-23-27-42(28-24-40)49-34-50(54-52(53-49)43-29-25-38(26-30-43)36-13-5-2-6-14-36)51-46-18-10-8-16-44(46)33-48-45-17-9-7-15-41(45)31-32-47(48)51/h1-34H. The molecule has 0 atom stereocenters. The number of hydrogen-bond acceptors (Lipinski definition) is 2. The molecule has 0 fully saturated rings. The van der Waals surface area contributed by atoms with E-state index < -0.39 is 0 Å². The molecule has 0 aliphatic carbocycles. The zero-order valence-corrected chi connectivity index (χ0v) is 29.5. The van der Waals surface area contributed by atoms with Gasteiger partial charge in [-0.1, -0.05) is 194 Å². The van der Waals surface area contributed by atoms with Crippen LogP contribution in [0.25, 0.3) is 99.6 Å². The second kappa shape index (κ2) is 13.4. The molecule has 0 aliphatic heterocycles. The first-order chi connectivity index (χ1) is 26.7. The van der Waals surface area contributed by atoms with Gasteiger partial charge in [0.2, 0.25) is 0 Å². The molecule has 1 heterocycles. The average Bonchev–Trinajstić information content (AvgIpc) is 3.26. The molecule has 252 valence electrons. The molecule has 0 unspecified atom stereocenters. The lowest BCUT2D eigenvalue weighted by Crippen LogP contribution is -1.97. The summed E-state index contributed by atoms with van der Waals surface area (Å²) >= 11 is 0. The number of hydrogen-bond donors (Lipinski definition) is 0. The van der Waals surface area contributed by atoms with Gasteiger partial charge in [0.05, 0.1) is 11.4 Å². The van der Waals surface area contributed by atoms with Crippen LogP contribution in [0.1, 0.15) is 0 Å². The van der Waals surface area contributed by atoms with Gasteiger partial charge in [0.25, 0.3) is 0 Å². The lowest BCUT2D eigenvalue weighted by molar-refractivity contribution is 1.19. The largest absolute Gasteiger partial charge is 0.228 e. The van der Waals surface area contributed by atoms with Gasteiger partial charge in [-0.05, 0) is 77.8 Å². The van der Waals surface area contributed by atoms with Crippen molar-refractivity contribution in [1.82, 2.24) is 9.97 Å². The number of nitrogens with zero attached hydrogens (tertiary/aromatic N) is 2. The van der Waals surface area contributed by atoms with Gasteiger partial charge in [0.1, 0.15) is 0 Å². The predicted molar refractivity (Wildman–Crippen MR) is 227 cm³/mol. The van der Waals surface area contributed by atoms with Gasteiger partial charge in [-0.3, -0.25) is 0 Å². The fraction of sp³-hybridized carbons (Fsp3) is 0. The average molecular weight is 687 g/mol. The van der Waals surface area contributed by atoms with Gasteiger partial charge in [0.15, 0.2) is 5.82 Å². The van der Waals surface area contributed by atoms with E-state index in [0.29, 0.717) is 5.82 Å². The van der Waals surface area contributed by atoms with Crippen molar-refractivity contribution in [1.29, 1.82) is 0 Å². The van der Waals surface area contributed by atoms with E-state index in [9.17, 15) is 0 Å². The summed E-state index contributed by atoms with van der Waals surface area (Å²) < 4.78 is 0. The van der Waals surface area contributed by atoms with Crippen molar-refractivity contribution in [2.24, 2.45) is 0 Å². The highest BCUT2D eigenvalue weighted by Gasteiger charge is 2.17. The maximum atomic E-state index is 5.37. The van der Waals surface area contributed by atoms with Crippen LogP contribution in [0.5, 0.6) is 0 Å². The third-order valence-corrected chi connectivity index (χ3v) is 10.5. The smallest absolute Gasteiger partial charge is 0.160 e. The molecule has 2 heteroatoms. The Labute approximate surface area is 314 Å². The molecule has 0 spiro atoms. The highest BCUT2D eigenvalue weighted by molar-refractivity contribution is 6.19. The van der Waals surface area contributed by atoms with E-state index in [4.69, 9.17) is 9.97 Å². The molecular weight excluding hydrogens is 653 g/mol. The molecule has 0 N–H and O–H groups in total. The fourth-order valence-corrected chi connectivity index (χ4v) is 7.71. The van der Waals surface area contributed by atoms with Crippen molar-refractivity contribution in [2.45, 2.75) is 0 Å². The fourth-order valence-electron chi connectivity index (χ4n) is 7.71. The zero-order chi connectivity index (χ0) is 35.8. The second-order valence-electron chi connectivity index (χ2n) is 13.8. The summed E-state index contributed by atoms with van der Waals surface area (Å²) in [6.45, 7) is 0. The molecule has 0 amide bonds. The van der Waals surface area contributed by atoms with E-state index in [1.54, 1.807) is 0 Å². The first-order valence-corrected chi connectivity index (χ1v) is 18.4. The summed E-state index contributed by atoms with van der Waals surface area (Å²) in [7, 11) is 0. The maximum Gasteiger partial charge on any atom is 0.160 e. The molecule has 54 heavy (non-hydrogen) atoms. The molecule has 0 aliphatic rings. The van der Waals surface area contributed by atoms with Crippen LogP contribution in [0.2, 0.25) is 0 Å². The number of aromatic nitrogens is 2. The summed E-state index contributed by atoms with van der Waals surface area (Å²) in [5.41, 5.74) is 12.0. The Kier molecular flexibility index (Phi) is 7.85. The van der Waals surface area contributed by atoms with Gasteiger partial charge in [0, 0.05) is 16.7 Å². The minimum Gasteiger partial charge on any atom is -0.228 e. The Balaban J connectivity index is 1.13. The van der Waals surface area contributed by atoms with Gasteiger partial charge < -0.3 is 0 Å². The monoisotopic (exact) mass is 686 g/mol. The summed E-state index contributed by atoms with van der Waals surface area (Å²) in [6.07, 6.45) is 0. The molecule has 0 radical (unpaired) electrons. The van der Waals surface area contributed by atoms with Crippen molar-refractivity contribution < 1.29 is 0 Å². The van der Waals surface area contributed by atoms with Crippen LogP contribution in [-0.2, 0) is 0 Å². The Morgan fingerprint density at radius 1 is 0.241 bits per heavy atom. The normalized spacial score (nSPS) is 11.3. The Morgan fingerprint density at radius 2 is 0.685 bits per heavy atom. The Morgan fingerprint density at radius 3 is 1.28 bits per heavy atom. The molecule has 0 saturated heterocycles. The molecule has 2 nitrogen and oxygen atoms in total. The van der Waals surface area contributed by atoms with Crippen LogP contribution in [0.3, 0.4) is 0 Å². The quantitative estimate of drug-likeness (QED) is 0.129. The van der Waals surface area contributed by atoms with Gasteiger partial charge in [-0.2, -0.15) is 0 Å². The van der Waals surface area contributed by atoms with Crippen molar-refractivity contribution >= 4 is 32.3 Å². The molecular formula is C52H34N2. The highest BCUT2D eigenvalue weighted by atomic mass is 14.9. The highest BCUT2D eigenvalue weighted by Crippen LogP contribution is 2.40. The molecule has 1 aromatic heterocycles. The first-order valence-electron chi connectivity index (χ1n) is 18.4. The molecule has 0 bridgehead atoms. The summed E-state index contributed by atoms with van der Waals surface area (Å²) in [5.74, 6) is 0.699. The van der Waals surface area contributed by atoms with Crippen LogP contribution in [0.15, 0.2) is 206 Å². The third-order valence-electron chi connectivity index (χ3n) is 10.5. The molecule has 9 aromatic carbocycles. The topological polar surface area (TPSA) is 25.8 Å². The first kappa shape index (κ1) is 31.6. The van der Waals surface area contributed by atoms with E-state index in [2.05, 4.69) is 200 Å². The minimum absolute atomic E-state index is 0.699.